The number of H-pyrrole nitrogens is 1. The van der Waals surface area contributed by atoms with Crippen LogP contribution in [0.1, 0.15) is 35.4 Å². The lowest BCUT2D eigenvalue weighted by Crippen LogP contribution is -2.39. The van der Waals surface area contributed by atoms with E-state index in [0.29, 0.717) is 13.0 Å². The fraction of sp³-hybridized carbons (Fsp3) is 0.400. The van der Waals surface area contributed by atoms with Crippen LogP contribution in [0.25, 0.3) is 0 Å². The number of aromatic nitrogens is 3. The van der Waals surface area contributed by atoms with Crippen LogP contribution in [0, 0.1) is 0 Å². The van der Waals surface area contributed by atoms with Crippen LogP contribution < -0.4 is 10.9 Å². The Hall–Kier alpha value is -2.41. The van der Waals surface area contributed by atoms with Crippen LogP contribution in [0.3, 0.4) is 0 Å². The highest BCUT2D eigenvalue weighted by Gasteiger charge is 2.32. The molecule has 0 aliphatic carbocycles. The number of hydrogen-bond acceptors (Lipinski definition) is 4. The van der Waals surface area contributed by atoms with Crippen LogP contribution in [0.15, 0.2) is 35.5 Å². The van der Waals surface area contributed by atoms with Crippen molar-refractivity contribution in [3.8, 4) is 0 Å². The van der Waals surface area contributed by atoms with E-state index in [1.165, 1.54) is 12.3 Å². The number of aromatic amines is 1. The zero-order chi connectivity index (χ0) is 15.5. The summed E-state index contributed by atoms with van der Waals surface area (Å²) in [7, 11) is 0. The Labute approximate surface area is 127 Å². The maximum Gasteiger partial charge on any atom is 0.260 e. The average molecular weight is 302 g/mol. The molecule has 1 aliphatic rings. The van der Waals surface area contributed by atoms with Crippen molar-refractivity contribution in [1.29, 1.82) is 0 Å². The summed E-state index contributed by atoms with van der Waals surface area (Å²) < 4.78 is 7.54. The fourth-order valence-electron chi connectivity index (χ4n) is 2.61. The summed E-state index contributed by atoms with van der Waals surface area (Å²) in [6.07, 6.45) is 5.66. The quantitative estimate of drug-likeness (QED) is 0.876. The Kier molecular flexibility index (Phi) is 4.06. The monoisotopic (exact) mass is 302 g/mol. The van der Waals surface area contributed by atoms with E-state index in [4.69, 9.17) is 4.74 Å². The Balaban J connectivity index is 1.75. The van der Waals surface area contributed by atoms with Crippen LogP contribution in [0.5, 0.6) is 0 Å². The van der Waals surface area contributed by atoms with Gasteiger partial charge in [-0.15, -0.1) is 0 Å². The third kappa shape index (κ3) is 2.80. The van der Waals surface area contributed by atoms with Crippen LogP contribution in [-0.4, -0.2) is 33.3 Å². The van der Waals surface area contributed by atoms with Gasteiger partial charge in [-0.2, -0.15) is 5.10 Å². The van der Waals surface area contributed by atoms with Crippen LogP contribution in [0.2, 0.25) is 0 Å². The molecule has 7 heteroatoms. The molecule has 1 aliphatic heterocycles. The lowest BCUT2D eigenvalue weighted by atomic mass is 10.0. The molecule has 0 radical (unpaired) electrons. The van der Waals surface area contributed by atoms with Gasteiger partial charge in [0.15, 0.2) is 0 Å². The van der Waals surface area contributed by atoms with Gasteiger partial charge in [-0.3, -0.25) is 14.3 Å². The number of nitrogens with zero attached hydrogens (tertiary/aromatic N) is 2. The minimum atomic E-state index is -0.394. The van der Waals surface area contributed by atoms with Gasteiger partial charge in [0, 0.05) is 31.1 Å². The molecule has 1 saturated heterocycles. The second-order valence-electron chi connectivity index (χ2n) is 5.20. The maximum atomic E-state index is 12.3. The van der Waals surface area contributed by atoms with E-state index in [0.717, 1.165) is 12.1 Å². The van der Waals surface area contributed by atoms with Gasteiger partial charge in [-0.05, 0) is 25.5 Å². The summed E-state index contributed by atoms with van der Waals surface area (Å²) >= 11 is 0. The van der Waals surface area contributed by atoms with Crippen molar-refractivity contribution < 1.29 is 9.53 Å². The van der Waals surface area contributed by atoms with E-state index in [1.54, 1.807) is 12.3 Å². The first-order valence-corrected chi connectivity index (χ1v) is 7.31. The molecule has 1 fully saturated rings. The molecule has 3 rings (SSSR count). The molecule has 116 valence electrons. The molecule has 0 spiro atoms. The van der Waals surface area contributed by atoms with Crippen LogP contribution in [0.4, 0.5) is 0 Å². The molecule has 0 saturated carbocycles. The summed E-state index contributed by atoms with van der Waals surface area (Å²) in [6, 6.07) is 2.97. The van der Waals surface area contributed by atoms with Crippen molar-refractivity contribution in [3.63, 3.8) is 0 Å². The van der Waals surface area contributed by atoms with Gasteiger partial charge in [0.05, 0.1) is 12.2 Å². The minimum Gasteiger partial charge on any atom is -0.371 e. The largest absolute Gasteiger partial charge is 0.371 e. The highest BCUT2D eigenvalue weighted by Crippen LogP contribution is 2.29. The van der Waals surface area contributed by atoms with Gasteiger partial charge in [0.2, 0.25) is 0 Å². The third-order valence-corrected chi connectivity index (χ3v) is 3.78. The van der Waals surface area contributed by atoms with E-state index in [-0.39, 0.29) is 23.6 Å². The summed E-state index contributed by atoms with van der Waals surface area (Å²) in [5, 5.41) is 7.12. The number of carbonyl (C=O) groups is 1. The Morgan fingerprint density at radius 3 is 3.18 bits per heavy atom. The normalized spacial score (nSPS) is 21.0. The van der Waals surface area contributed by atoms with Crippen molar-refractivity contribution in [2.75, 3.05) is 6.61 Å². The summed E-state index contributed by atoms with van der Waals surface area (Å²) in [5.41, 5.74) is 0.651. The third-order valence-electron chi connectivity index (χ3n) is 3.78. The molecule has 0 aromatic carbocycles. The highest BCUT2D eigenvalue weighted by molar-refractivity contribution is 5.94. The highest BCUT2D eigenvalue weighted by atomic mass is 16.5. The van der Waals surface area contributed by atoms with E-state index in [9.17, 15) is 9.59 Å². The number of carbonyl (C=O) groups excluding carboxylic acids is 1. The SMILES string of the molecule is CCn1cc([C@H]2OCC[C@@H]2NC(=O)c2ccc[nH]c2=O)cn1. The molecule has 0 unspecified atom stereocenters. The minimum absolute atomic E-state index is 0.109. The number of amides is 1. The molecule has 0 bridgehead atoms. The maximum absolute atomic E-state index is 12.3. The van der Waals surface area contributed by atoms with E-state index < -0.39 is 5.56 Å². The molecule has 22 heavy (non-hydrogen) atoms. The van der Waals surface area contributed by atoms with Gasteiger partial charge in [0.25, 0.3) is 11.5 Å². The molecule has 7 nitrogen and oxygen atoms in total. The van der Waals surface area contributed by atoms with Crippen molar-refractivity contribution >= 4 is 5.91 Å². The van der Waals surface area contributed by atoms with E-state index in [2.05, 4.69) is 15.4 Å². The first-order chi connectivity index (χ1) is 10.7. The van der Waals surface area contributed by atoms with Gasteiger partial charge in [0.1, 0.15) is 11.7 Å². The lowest BCUT2D eigenvalue weighted by Gasteiger charge is -2.18. The van der Waals surface area contributed by atoms with Crippen molar-refractivity contribution in [3.05, 3.63) is 52.2 Å². The van der Waals surface area contributed by atoms with Gasteiger partial charge in [-0.1, -0.05) is 0 Å². The van der Waals surface area contributed by atoms with Crippen LogP contribution >= 0.6 is 0 Å². The first-order valence-electron chi connectivity index (χ1n) is 7.31. The Morgan fingerprint density at radius 1 is 1.59 bits per heavy atom. The predicted octanol–water partition coefficient (Wildman–Crippen LogP) is 0.851. The average Bonchev–Trinajstić information content (AvgIpc) is 3.15. The molecule has 2 aromatic heterocycles. The number of pyridine rings is 1. The van der Waals surface area contributed by atoms with Gasteiger partial charge >= 0.3 is 0 Å². The number of rotatable bonds is 4. The van der Waals surface area contributed by atoms with E-state index >= 15 is 0 Å². The molecule has 2 aromatic rings. The smallest absolute Gasteiger partial charge is 0.260 e. The fourth-order valence-corrected chi connectivity index (χ4v) is 2.61. The van der Waals surface area contributed by atoms with E-state index in [1.807, 2.05) is 17.8 Å². The Morgan fingerprint density at radius 2 is 2.45 bits per heavy atom. The zero-order valence-electron chi connectivity index (χ0n) is 12.3. The molecule has 3 heterocycles. The molecule has 2 N–H and O–H groups in total. The number of hydrogen-bond donors (Lipinski definition) is 2. The standard InChI is InChI=1S/C15H18N4O3/c1-2-19-9-10(8-17-19)13-12(5-7-22-13)18-15(21)11-4-3-6-16-14(11)20/h3-4,6,8-9,12-13H,2,5,7H2,1H3,(H,16,20)(H,18,21)/t12-,13+/m0/s1. The molecular weight excluding hydrogens is 284 g/mol. The number of ether oxygens (including phenoxy) is 1. The molecule has 2 atom stereocenters. The predicted molar refractivity (Wildman–Crippen MR) is 79.5 cm³/mol. The van der Waals surface area contributed by atoms with Gasteiger partial charge < -0.3 is 15.0 Å². The summed E-state index contributed by atoms with van der Waals surface area (Å²) in [5.74, 6) is -0.384. The molecular formula is C15H18N4O3. The number of aryl methyl sites for hydroxylation is 1. The first kappa shape index (κ1) is 14.5. The second-order valence-corrected chi connectivity index (χ2v) is 5.20. The zero-order valence-corrected chi connectivity index (χ0v) is 12.3. The topological polar surface area (TPSA) is 89.0 Å². The van der Waals surface area contributed by atoms with Crippen molar-refractivity contribution in [2.24, 2.45) is 0 Å². The summed E-state index contributed by atoms with van der Waals surface area (Å²) in [6.45, 7) is 3.36. The van der Waals surface area contributed by atoms with Gasteiger partial charge in [-0.25, -0.2) is 0 Å². The lowest BCUT2D eigenvalue weighted by molar-refractivity contribution is 0.0820. The van der Waals surface area contributed by atoms with Crippen molar-refractivity contribution in [1.82, 2.24) is 20.1 Å². The summed E-state index contributed by atoms with van der Waals surface area (Å²) in [4.78, 5) is 26.4. The van der Waals surface area contributed by atoms with Crippen LogP contribution in [-0.2, 0) is 11.3 Å². The molecule has 1 amide bonds. The second kappa shape index (κ2) is 6.15. The van der Waals surface area contributed by atoms with Crippen molar-refractivity contribution in [2.45, 2.75) is 32.0 Å². The Bertz CT molecular complexity index is 721. The number of nitrogens with one attached hydrogen (secondary N) is 2.